The SMILES string of the molecule is CCOC(=O)C1=C(CN2CCC(C)CC2)NC(=O)N[C@H]1c1ccc(OCC)cc1. The highest BCUT2D eigenvalue weighted by Crippen LogP contribution is 2.30. The smallest absolute Gasteiger partial charge is 0.338 e. The van der Waals surface area contributed by atoms with E-state index >= 15 is 0 Å². The lowest BCUT2D eigenvalue weighted by molar-refractivity contribution is -0.139. The van der Waals surface area contributed by atoms with E-state index in [9.17, 15) is 9.59 Å². The molecule has 0 bridgehead atoms. The zero-order valence-corrected chi connectivity index (χ0v) is 17.5. The van der Waals surface area contributed by atoms with Crippen LogP contribution in [0.15, 0.2) is 35.5 Å². The van der Waals surface area contributed by atoms with Gasteiger partial charge in [0.05, 0.1) is 24.8 Å². The summed E-state index contributed by atoms with van der Waals surface area (Å²) in [6, 6.07) is 6.58. The van der Waals surface area contributed by atoms with E-state index in [0.717, 1.165) is 37.2 Å². The number of likely N-dealkylation sites (tertiary alicyclic amines) is 1. The van der Waals surface area contributed by atoms with Gasteiger partial charge in [0.25, 0.3) is 0 Å². The van der Waals surface area contributed by atoms with Crippen molar-refractivity contribution < 1.29 is 19.1 Å². The molecule has 1 atom stereocenters. The Morgan fingerprint density at radius 1 is 1.14 bits per heavy atom. The molecule has 2 amide bonds. The number of hydrogen-bond donors (Lipinski definition) is 2. The van der Waals surface area contributed by atoms with Crippen LogP contribution in [0.4, 0.5) is 4.79 Å². The van der Waals surface area contributed by atoms with Crippen LogP contribution in [-0.4, -0.2) is 49.7 Å². The summed E-state index contributed by atoms with van der Waals surface area (Å²) in [5.41, 5.74) is 1.91. The molecule has 158 valence electrons. The minimum absolute atomic E-state index is 0.279. The summed E-state index contributed by atoms with van der Waals surface area (Å²) < 4.78 is 10.8. The fourth-order valence-electron chi connectivity index (χ4n) is 3.81. The molecule has 0 aliphatic carbocycles. The Balaban J connectivity index is 1.91. The van der Waals surface area contributed by atoms with Gasteiger partial charge in [0.2, 0.25) is 0 Å². The lowest BCUT2D eigenvalue weighted by atomic mass is 9.94. The number of rotatable bonds is 7. The third kappa shape index (κ3) is 5.29. The molecule has 1 saturated heterocycles. The minimum atomic E-state index is -0.558. The van der Waals surface area contributed by atoms with Crippen LogP contribution in [0.5, 0.6) is 5.75 Å². The van der Waals surface area contributed by atoms with Crippen molar-refractivity contribution in [3.63, 3.8) is 0 Å². The number of ether oxygens (including phenoxy) is 2. The van der Waals surface area contributed by atoms with E-state index in [1.165, 1.54) is 0 Å². The van der Waals surface area contributed by atoms with Crippen LogP contribution in [0.1, 0.15) is 45.2 Å². The van der Waals surface area contributed by atoms with Crippen LogP contribution in [0.2, 0.25) is 0 Å². The van der Waals surface area contributed by atoms with Crippen molar-refractivity contribution in [2.24, 2.45) is 5.92 Å². The van der Waals surface area contributed by atoms with Crippen LogP contribution in [0, 0.1) is 5.92 Å². The van der Waals surface area contributed by atoms with E-state index in [2.05, 4.69) is 22.5 Å². The van der Waals surface area contributed by atoms with Crippen LogP contribution in [-0.2, 0) is 9.53 Å². The molecule has 2 N–H and O–H groups in total. The van der Waals surface area contributed by atoms with Crippen molar-refractivity contribution in [1.29, 1.82) is 0 Å². The maximum Gasteiger partial charge on any atom is 0.338 e. The largest absolute Gasteiger partial charge is 0.494 e. The standard InChI is InChI=1S/C22H31N3O4/c1-4-28-17-8-6-16(7-9-17)20-19(21(26)29-5-2)18(23-22(27)24-20)14-25-12-10-15(3)11-13-25/h6-9,15,20H,4-5,10-14H2,1-3H3,(H2,23,24,27)/t20-/m0/s1. The number of carbonyl (C=O) groups is 2. The van der Waals surface area contributed by atoms with Gasteiger partial charge in [-0.1, -0.05) is 19.1 Å². The molecule has 0 radical (unpaired) electrons. The van der Waals surface area contributed by atoms with Crippen molar-refractivity contribution in [2.45, 2.75) is 39.7 Å². The molecule has 1 aromatic carbocycles. The molecule has 1 fully saturated rings. The fraction of sp³-hybridized carbons (Fsp3) is 0.545. The van der Waals surface area contributed by atoms with Gasteiger partial charge in [0, 0.05) is 12.2 Å². The lowest BCUT2D eigenvalue weighted by Gasteiger charge is -2.34. The van der Waals surface area contributed by atoms with Gasteiger partial charge in [-0.15, -0.1) is 0 Å². The maximum absolute atomic E-state index is 12.8. The topological polar surface area (TPSA) is 79.9 Å². The number of nitrogens with zero attached hydrogens (tertiary/aromatic N) is 1. The molecule has 7 heteroatoms. The number of benzene rings is 1. The molecule has 0 unspecified atom stereocenters. The van der Waals surface area contributed by atoms with Crippen molar-refractivity contribution >= 4 is 12.0 Å². The van der Waals surface area contributed by atoms with Gasteiger partial charge >= 0.3 is 12.0 Å². The summed E-state index contributed by atoms with van der Waals surface area (Å²) in [6.45, 7) is 9.27. The number of carbonyl (C=O) groups excluding carboxylic acids is 2. The van der Waals surface area contributed by atoms with E-state index in [0.29, 0.717) is 30.3 Å². The fourth-order valence-corrected chi connectivity index (χ4v) is 3.81. The lowest BCUT2D eigenvalue weighted by Crippen LogP contribution is -2.49. The normalized spacial score (nSPS) is 20.8. The average Bonchev–Trinajstić information content (AvgIpc) is 2.70. The van der Waals surface area contributed by atoms with Crippen molar-refractivity contribution in [1.82, 2.24) is 15.5 Å². The van der Waals surface area contributed by atoms with E-state index < -0.39 is 12.0 Å². The number of hydrogen-bond acceptors (Lipinski definition) is 5. The van der Waals surface area contributed by atoms with Gasteiger partial charge in [0.1, 0.15) is 5.75 Å². The van der Waals surface area contributed by atoms with Gasteiger partial charge < -0.3 is 20.1 Å². The number of piperidine rings is 1. The molecule has 2 aliphatic rings. The van der Waals surface area contributed by atoms with E-state index in [1.54, 1.807) is 6.92 Å². The van der Waals surface area contributed by atoms with Crippen molar-refractivity contribution in [3.05, 3.63) is 41.1 Å². The highest BCUT2D eigenvalue weighted by atomic mass is 16.5. The van der Waals surface area contributed by atoms with Crippen molar-refractivity contribution in [3.8, 4) is 5.75 Å². The van der Waals surface area contributed by atoms with E-state index in [4.69, 9.17) is 9.47 Å². The van der Waals surface area contributed by atoms with Gasteiger partial charge in [-0.25, -0.2) is 9.59 Å². The van der Waals surface area contributed by atoms with Gasteiger partial charge in [0.15, 0.2) is 0 Å². The molecule has 2 heterocycles. The zero-order valence-electron chi connectivity index (χ0n) is 17.5. The molecular weight excluding hydrogens is 370 g/mol. The first kappa shape index (κ1) is 21.2. The highest BCUT2D eigenvalue weighted by molar-refractivity contribution is 5.95. The summed E-state index contributed by atoms with van der Waals surface area (Å²) in [5, 5.41) is 5.74. The predicted molar refractivity (Wildman–Crippen MR) is 111 cm³/mol. The quantitative estimate of drug-likeness (QED) is 0.687. The second-order valence-electron chi connectivity index (χ2n) is 7.60. The summed E-state index contributed by atoms with van der Waals surface area (Å²) in [6.07, 6.45) is 2.24. The monoisotopic (exact) mass is 401 g/mol. The van der Waals surface area contributed by atoms with Crippen LogP contribution >= 0.6 is 0 Å². The number of urea groups is 1. The molecule has 2 aliphatic heterocycles. The zero-order chi connectivity index (χ0) is 20.8. The van der Waals surface area contributed by atoms with Crippen LogP contribution in [0.3, 0.4) is 0 Å². The molecule has 29 heavy (non-hydrogen) atoms. The minimum Gasteiger partial charge on any atom is -0.494 e. The summed E-state index contributed by atoms with van der Waals surface area (Å²) in [4.78, 5) is 27.5. The number of nitrogens with one attached hydrogen (secondary N) is 2. The Kier molecular flexibility index (Phi) is 7.14. The second-order valence-corrected chi connectivity index (χ2v) is 7.60. The molecule has 7 nitrogen and oxygen atoms in total. The summed E-state index contributed by atoms with van der Waals surface area (Å²) >= 11 is 0. The Morgan fingerprint density at radius 3 is 2.45 bits per heavy atom. The predicted octanol–water partition coefficient (Wildman–Crippen LogP) is 2.99. The Bertz CT molecular complexity index is 752. The molecule has 0 aromatic heterocycles. The highest BCUT2D eigenvalue weighted by Gasteiger charge is 2.34. The molecule has 0 saturated carbocycles. The van der Waals surface area contributed by atoms with Gasteiger partial charge in [-0.2, -0.15) is 0 Å². The molecule has 3 rings (SSSR count). The Morgan fingerprint density at radius 2 is 1.83 bits per heavy atom. The van der Waals surface area contributed by atoms with Gasteiger partial charge in [-0.05, 0) is 63.4 Å². The third-order valence-corrected chi connectivity index (χ3v) is 5.43. The summed E-state index contributed by atoms with van der Waals surface area (Å²) in [7, 11) is 0. The van der Waals surface area contributed by atoms with Crippen LogP contribution in [0.25, 0.3) is 0 Å². The second kappa shape index (κ2) is 9.78. The number of esters is 1. The average molecular weight is 402 g/mol. The van der Waals surface area contributed by atoms with E-state index in [1.807, 2.05) is 31.2 Å². The first-order chi connectivity index (χ1) is 14.0. The maximum atomic E-state index is 12.8. The molecule has 0 spiro atoms. The first-order valence-corrected chi connectivity index (χ1v) is 10.4. The van der Waals surface area contributed by atoms with E-state index in [-0.39, 0.29) is 12.6 Å². The molecular formula is C22H31N3O4. The van der Waals surface area contributed by atoms with Gasteiger partial charge in [-0.3, -0.25) is 4.90 Å². The summed E-state index contributed by atoms with van der Waals surface area (Å²) in [5.74, 6) is 1.06. The third-order valence-electron chi connectivity index (χ3n) is 5.43. The Hall–Kier alpha value is -2.54. The number of amides is 2. The molecule has 1 aromatic rings. The van der Waals surface area contributed by atoms with Crippen LogP contribution < -0.4 is 15.4 Å². The first-order valence-electron chi connectivity index (χ1n) is 10.4. The van der Waals surface area contributed by atoms with Crippen molar-refractivity contribution in [2.75, 3.05) is 32.8 Å². The Labute approximate surface area is 172 Å².